The van der Waals surface area contributed by atoms with Crippen LogP contribution in [0.5, 0.6) is 0 Å². The van der Waals surface area contributed by atoms with Crippen molar-refractivity contribution in [2.75, 3.05) is 0 Å². The molecular weight excluding hydrogens is 390 g/mol. The second-order valence-electron chi connectivity index (χ2n) is 8.63. The first-order valence-electron chi connectivity index (χ1n) is 11.2. The third-order valence-corrected chi connectivity index (χ3v) is 6.36. The molecule has 0 radical (unpaired) electrons. The summed E-state index contributed by atoms with van der Waals surface area (Å²) >= 11 is 0. The molecule has 5 nitrogen and oxygen atoms in total. The molecule has 0 amide bonds. The van der Waals surface area contributed by atoms with Gasteiger partial charge in [0.15, 0.2) is 11.5 Å². The minimum atomic E-state index is -0.750. The SMILES string of the molecule is C[C@@H](N[C@H]1CC[C@H](c2ccc(CCC(=O)O)cc2)C1)C1=COC(C2=CC=CCC2)=CO1. The summed E-state index contributed by atoms with van der Waals surface area (Å²) in [6.45, 7) is 2.11. The van der Waals surface area contributed by atoms with Crippen molar-refractivity contribution in [2.24, 2.45) is 0 Å². The summed E-state index contributed by atoms with van der Waals surface area (Å²) < 4.78 is 11.7. The summed E-state index contributed by atoms with van der Waals surface area (Å²) in [5.41, 5.74) is 3.60. The number of nitrogens with one attached hydrogen (secondary N) is 1. The second kappa shape index (κ2) is 10.0. The van der Waals surface area contributed by atoms with Gasteiger partial charge in [0.05, 0.1) is 6.04 Å². The second-order valence-corrected chi connectivity index (χ2v) is 8.63. The minimum absolute atomic E-state index is 0.0835. The molecule has 164 valence electrons. The number of carboxylic acids is 1. The fraction of sp³-hybridized carbons (Fsp3) is 0.423. The van der Waals surface area contributed by atoms with Crippen LogP contribution in [0.3, 0.4) is 0 Å². The largest absolute Gasteiger partial charge is 0.481 e. The van der Waals surface area contributed by atoms with Crippen LogP contribution in [-0.4, -0.2) is 23.2 Å². The Balaban J connectivity index is 1.25. The Morgan fingerprint density at radius 1 is 1.19 bits per heavy atom. The predicted octanol–water partition coefficient (Wildman–Crippen LogP) is 5.32. The number of hydrogen-bond donors (Lipinski definition) is 2. The molecule has 1 aromatic carbocycles. The zero-order chi connectivity index (χ0) is 21.6. The van der Waals surface area contributed by atoms with Crippen LogP contribution in [0, 0.1) is 0 Å². The summed E-state index contributed by atoms with van der Waals surface area (Å²) in [7, 11) is 0. The van der Waals surface area contributed by atoms with Crippen LogP contribution in [0.25, 0.3) is 0 Å². The molecule has 0 saturated heterocycles. The molecule has 0 bridgehead atoms. The van der Waals surface area contributed by atoms with Gasteiger partial charge >= 0.3 is 5.97 Å². The molecule has 2 aliphatic carbocycles. The molecule has 3 atom stereocenters. The molecule has 2 N–H and O–H groups in total. The van der Waals surface area contributed by atoms with Gasteiger partial charge in [0.2, 0.25) is 0 Å². The lowest BCUT2D eigenvalue weighted by Crippen LogP contribution is -2.37. The highest BCUT2D eigenvalue weighted by Crippen LogP contribution is 2.35. The average molecular weight is 422 g/mol. The van der Waals surface area contributed by atoms with Crippen LogP contribution in [0.4, 0.5) is 0 Å². The Morgan fingerprint density at radius 3 is 2.71 bits per heavy atom. The van der Waals surface area contributed by atoms with E-state index in [9.17, 15) is 4.79 Å². The van der Waals surface area contributed by atoms with E-state index in [1.54, 1.807) is 12.5 Å². The third kappa shape index (κ3) is 5.67. The van der Waals surface area contributed by atoms with Crippen molar-refractivity contribution < 1.29 is 19.4 Å². The summed E-state index contributed by atoms with van der Waals surface area (Å²) in [5, 5.41) is 12.5. The zero-order valence-corrected chi connectivity index (χ0v) is 18.0. The summed E-state index contributed by atoms with van der Waals surface area (Å²) in [5.74, 6) is 1.39. The van der Waals surface area contributed by atoms with Gasteiger partial charge < -0.3 is 19.9 Å². The smallest absolute Gasteiger partial charge is 0.303 e. The normalized spacial score (nSPS) is 23.8. The van der Waals surface area contributed by atoms with E-state index in [0.29, 0.717) is 18.4 Å². The van der Waals surface area contributed by atoms with Gasteiger partial charge in [-0.05, 0) is 68.1 Å². The van der Waals surface area contributed by atoms with Crippen LogP contribution in [-0.2, 0) is 20.7 Å². The fourth-order valence-corrected chi connectivity index (χ4v) is 4.54. The van der Waals surface area contributed by atoms with Crippen LogP contribution in [0.15, 0.2) is 72.1 Å². The topological polar surface area (TPSA) is 67.8 Å². The van der Waals surface area contributed by atoms with Gasteiger partial charge in [-0.2, -0.15) is 0 Å². The van der Waals surface area contributed by atoms with Crippen molar-refractivity contribution in [3.05, 3.63) is 83.2 Å². The Morgan fingerprint density at radius 2 is 2.03 bits per heavy atom. The fourth-order valence-electron chi connectivity index (χ4n) is 4.54. The first-order chi connectivity index (χ1) is 15.1. The van der Waals surface area contributed by atoms with Crippen LogP contribution in [0.1, 0.15) is 62.5 Å². The molecule has 1 fully saturated rings. The number of ether oxygens (including phenoxy) is 2. The number of hydrogen-bond acceptors (Lipinski definition) is 4. The number of benzene rings is 1. The first-order valence-corrected chi connectivity index (χ1v) is 11.2. The Kier molecular flexibility index (Phi) is 6.92. The van der Waals surface area contributed by atoms with E-state index in [1.807, 2.05) is 0 Å². The summed E-state index contributed by atoms with van der Waals surface area (Å²) in [4.78, 5) is 10.7. The molecule has 0 aromatic heterocycles. The zero-order valence-electron chi connectivity index (χ0n) is 18.0. The first kappa shape index (κ1) is 21.4. The van der Waals surface area contributed by atoms with Crippen molar-refractivity contribution in [2.45, 2.75) is 69.9 Å². The van der Waals surface area contributed by atoms with E-state index in [1.165, 1.54) is 11.1 Å². The molecule has 1 aromatic rings. The summed E-state index contributed by atoms with van der Waals surface area (Å²) in [6.07, 6.45) is 15.9. The molecule has 3 aliphatic rings. The number of aryl methyl sites for hydroxylation is 1. The molecule has 31 heavy (non-hydrogen) atoms. The van der Waals surface area contributed by atoms with Gasteiger partial charge in [-0.1, -0.05) is 42.5 Å². The molecule has 4 rings (SSSR count). The minimum Gasteiger partial charge on any atom is -0.481 e. The van der Waals surface area contributed by atoms with Gasteiger partial charge in [0, 0.05) is 12.5 Å². The number of rotatable bonds is 8. The van der Waals surface area contributed by atoms with E-state index in [2.05, 4.69) is 54.7 Å². The maximum absolute atomic E-state index is 10.7. The van der Waals surface area contributed by atoms with Gasteiger partial charge in [0.25, 0.3) is 0 Å². The molecule has 5 heteroatoms. The van der Waals surface area contributed by atoms with E-state index in [0.717, 1.165) is 49.2 Å². The third-order valence-electron chi connectivity index (χ3n) is 6.36. The van der Waals surface area contributed by atoms with E-state index < -0.39 is 5.97 Å². The van der Waals surface area contributed by atoms with E-state index >= 15 is 0 Å². The van der Waals surface area contributed by atoms with Crippen molar-refractivity contribution in [3.8, 4) is 0 Å². The van der Waals surface area contributed by atoms with Gasteiger partial charge in [-0.15, -0.1) is 0 Å². The van der Waals surface area contributed by atoms with E-state index in [-0.39, 0.29) is 12.5 Å². The van der Waals surface area contributed by atoms with Crippen LogP contribution in [0.2, 0.25) is 0 Å². The van der Waals surface area contributed by atoms with Crippen molar-refractivity contribution in [1.29, 1.82) is 0 Å². The number of carbonyl (C=O) groups is 1. The lowest BCUT2D eigenvalue weighted by molar-refractivity contribution is -0.136. The highest BCUT2D eigenvalue weighted by atomic mass is 16.5. The molecule has 1 aliphatic heterocycles. The predicted molar refractivity (Wildman–Crippen MR) is 120 cm³/mol. The maximum Gasteiger partial charge on any atom is 0.303 e. The van der Waals surface area contributed by atoms with E-state index in [4.69, 9.17) is 14.6 Å². The Labute approximate surface area is 184 Å². The number of carboxylic acid groups (broad SMARTS) is 1. The molecule has 0 spiro atoms. The molecule has 1 saturated carbocycles. The van der Waals surface area contributed by atoms with Crippen molar-refractivity contribution >= 4 is 5.97 Å². The quantitative estimate of drug-likeness (QED) is 0.594. The van der Waals surface area contributed by atoms with Crippen molar-refractivity contribution in [1.82, 2.24) is 5.32 Å². The maximum atomic E-state index is 10.7. The van der Waals surface area contributed by atoms with Crippen LogP contribution < -0.4 is 5.32 Å². The lowest BCUT2D eigenvalue weighted by atomic mass is 9.95. The molecule has 1 heterocycles. The highest BCUT2D eigenvalue weighted by molar-refractivity contribution is 5.67. The lowest BCUT2D eigenvalue weighted by Gasteiger charge is -2.24. The molecular formula is C26H31NO4. The van der Waals surface area contributed by atoms with Gasteiger partial charge in [0.1, 0.15) is 12.5 Å². The standard InChI is InChI=1S/C26H31NO4/c1-18(24-16-31-25(17-30-24)21-5-3-2-4-6-21)27-23-13-12-22(15-23)20-10-7-19(8-11-20)9-14-26(28)29/h2-3,5,7-8,10-11,16-18,22-23,27H,4,6,9,12-15H2,1H3,(H,28,29)/t18-,22+,23+/m1/s1. The number of allylic oxidation sites excluding steroid dienone is 4. The average Bonchev–Trinajstić information content (AvgIpc) is 3.27. The molecule has 0 unspecified atom stereocenters. The van der Waals surface area contributed by atoms with Crippen molar-refractivity contribution in [3.63, 3.8) is 0 Å². The van der Waals surface area contributed by atoms with Gasteiger partial charge in [-0.3, -0.25) is 4.79 Å². The summed E-state index contributed by atoms with van der Waals surface area (Å²) in [6, 6.07) is 8.99. The van der Waals surface area contributed by atoms with Crippen LogP contribution >= 0.6 is 0 Å². The Bertz CT molecular complexity index is 910. The Hall–Kier alpha value is -2.79. The highest BCUT2D eigenvalue weighted by Gasteiger charge is 2.28. The monoisotopic (exact) mass is 421 g/mol. The number of aliphatic carboxylic acids is 1. The van der Waals surface area contributed by atoms with Gasteiger partial charge in [-0.25, -0.2) is 0 Å².